The van der Waals surface area contributed by atoms with Gasteiger partial charge in [-0.3, -0.25) is 4.99 Å². The Morgan fingerprint density at radius 3 is 2.55 bits per heavy atom. The molecule has 0 saturated heterocycles. The summed E-state index contributed by atoms with van der Waals surface area (Å²) in [4.78, 5) is 4.92. The molecule has 0 bridgehead atoms. The molecular formula is C19H35N. The zero-order chi connectivity index (χ0) is 14.5. The van der Waals surface area contributed by atoms with E-state index in [-0.39, 0.29) is 0 Å². The Hall–Kier alpha value is -0.590. The van der Waals surface area contributed by atoms with Crippen molar-refractivity contribution in [1.82, 2.24) is 0 Å². The molecule has 0 fully saturated rings. The number of nitrogens with zero attached hydrogens (tertiary/aromatic N) is 1. The van der Waals surface area contributed by atoms with E-state index in [1.54, 1.807) is 0 Å². The molecule has 0 aromatic rings. The first-order chi connectivity index (χ1) is 9.86. The monoisotopic (exact) mass is 277 g/mol. The van der Waals surface area contributed by atoms with E-state index in [1.807, 2.05) is 6.08 Å². The number of hydrogen-bond acceptors (Lipinski definition) is 1. The summed E-state index contributed by atoms with van der Waals surface area (Å²) in [6.07, 6.45) is 20.8. The van der Waals surface area contributed by atoms with Crippen molar-refractivity contribution in [2.45, 2.75) is 103 Å². The van der Waals surface area contributed by atoms with Gasteiger partial charge in [0.1, 0.15) is 0 Å². The Kier molecular flexibility index (Phi) is 10.6. The van der Waals surface area contributed by atoms with E-state index in [4.69, 9.17) is 4.99 Å². The zero-order valence-electron chi connectivity index (χ0n) is 13.7. The quantitative estimate of drug-likeness (QED) is 0.270. The van der Waals surface area contributed by atoms with Crippen LogP contribution in [0, 0.1) is 0 Å². The van der Waals surface area contributed by atoms with Crippen molar-refractivity contribution < 1.29 is 0 Å². The summed E-state index contributed by atoms with van der Waals surface area (Å²) in [5, 5.41) is 0. The molecule has 1 aliphatic rings. The van der Waals surface area contributed by atoms with Gasteiger partial charge in [0.2, 0.25) is 0 Å². The average Bonchev–Trinajstić information content (AvgIpc) is 2.90. The number of allylic oxidation sites excluding steroid dienone is 1. The standard InChI is InChI=1S/C19H35N/c1-3-5-7-9-10-11-13-15-19-17-16-18(20-19)14-12-8-6-4-2/h4,19H,2-3,5-17H2,1H3/t19-/m0/s1. The Bertz CT molecular complexity index is 267. The molecule has 1 heteroatoms. The smallest absolute Gasteiger partial charge is 0.0502 e. The van der Waals surface area contributed by atoms with Gasteiger partial charge >= 0.3 is 0 Å². The first kappa shape index (κ1) is 17.5. The molecule has 0 aromatic heterocycles. The van der Waals surface area contributed by atoms with E-state index in [2.05, 4.69) is 13.5 Å². The lowest BCUT2D eigenvalue weighted by Gasteiger charge is -2.06. The molecule has 0 saturated carbocycles. The number of hydrogen-bond donors (Lipinski definition) is 0. The molecule has 1 heterocycles. The SMILES string of the molecule is C=CCCCCC1=N[C@@H](CCCCCCCCC)CC1. The molecule has 0 spiro atoms. The highest BCUT2D eigenvalue weighted by Crippen LogP contribution is 2.22. The molecule has 1 atom stereocenters. The zero-order valence-corrected chi connectivity index (χ0v) is 13.7. The number of rotatable bonds is 13. The van der Waals surface area contributed by atoms with Crippen LogP contribution >= 0.6 is 0 Å². The van der Waals surface area contributed by atoms with Crippen molar-refractivity contribution in [2.24, 2.45) is 4.99 Å². The third kappa shape index (κ3) is 8.55. The highest BCUT2D eigenvalue weighted by molar-refractivity contribution is 5.86. The maximum atomic E-state index is 4.92. The summed E-state index contributed by atoms with van der Waals surface area (Å²) in [6, 6.07) is 0.667. The predicted molar refractivity (Wildman–Crippen MR) is 91.7 cm³/mol. The van der Waals surface area contributed by atoms with E-state index in [9.17, 15) is 0 Å². The minimum Gasteiger partial charge on any atom is -0.291 e. The van der Waals surface area contributed by atoms with Crippen LogP contribution in [0.25, 0.3) is 0 Å². The molecule has 1 aliphatic heterocycles. The highest BCUT2D eigenvalue weighted by atomic mass is 14.8. The molecule has 0 amide bonds. The summed E-state index contributed by atoms with van der Waals surface area (Å²) in [5.74, 6) is 0. The first-order valence-corrected chi connectivity index (χ1v) is 9.03. The van der Waals surface area contributed by atoms with E-state index in [0.717, 1.165) is 6.42 Å². The maximum absolute atomic E-state index is 4.92. The summed E-state index contributed by atoms with van der Waals surface area (Å²) >= 11 is 0. The van der Waals surface area contributed by atoms with Crippen molar-refractivity contribution in [3.8, 4) is 0 Å². The fraction of sp³-hybridized carbons (Fsp3) is 0.842. The Balaban J connectivity index is 1.96. The van der Waals surface area contributed by atoms with Crippen LogP contribution < -0.4 is 0 Å². The lowest BCUT2D eigenvalue weighted by Crippen LogP contribution is -1.98. The van der Waals surface area contributed by atoms with Crippen LogP contribution in [0.15, 0.2) is 17.6 Å². The fourth-order valence-electron chi connectivity index (χ4n) is 3.07. The maximum Gasteiger partial charge on any atom is 0.0502 e. The van der Waals surface area contributed by atoms with E-state index < -0.39 is 0 Å². The lowest BCUT2D eigenvalue weighted by atomic mass is 10.0. The Labute approximate surface area is 127 Å². The van der Waals surface area contributed by atoms with Crippen LogP contribution in [-0.2, 0) is 0 Å². The number of unbranched alkanes of at least 4 members (excludes halogenated alkanes) is 8. The van der Waals surface area contributed by atoms with Crippen LogP contribution in [0.4, 0.5) is 0 Å². The van der Waals surface area contributed by atoms with Crippen molar-refractivity contribution in [3.05, 3.63) is 12.7 Å². The third-order valence-electron chi connectivity index (χ3n) is 4.40. The minimum absolute atomic E-state index is 0.667. The van der Waals surface area contributed by atoms with Crippen LogP contribution in [0.3, 0.4) is 0 Å². The summed E-state index contributed by atoms with van der Waals surface area (Å²) in [5.41, 5.74) is 1.50. The summed E-state index contributed by atoms with van der Waals surface area (Å²) in [6.45, 7) is 6.06. The molecule has 1 nitrogen and oxygen atoms in total. The van der Waals surface area contributed by atoms with Crippen LogP contribution in [-0.4, -0.2) is 11.8 Å². The molecule has 0 N–H and O–H groups in total. The normalized spacial score (nSPS) is 18.2. The van der Waals surface area contributed by atoms with Crippen molar-refractivity contribution in [1.29, 1.82) is 0 Å². The van der Waals surface area contributed by atoms with Gasteiger partial charge in [0.05, 0.1) is 6.04 Å². The van der Waals surface area contributed by atoms with Crippen LogP contribution in [0.1, 0.15) is 96.8 Å². The van der Waals surface area contributed by atoms with Crippen LogP contribution in [0.2, 0.25) is 0 Å². The highest BCUT2D eigenvalue weighted by Gasteiger charge is 2.16. The van der Waals surface area contributed by atoms with Gasteiger partial charge < -0.3 is 0 Å². The van der Waals surface area contributed by atoms with Gasteiger partial charge in [0.25, 0.3) is 0 Å². The van der Waals surface area contributed by atoms with Crippen molar-refractivity contribution in [2.75, 3.05) is 0 Å². The van der Waals surface area contributed by atoms with Crippen molar-refractivity contribution >= 4 is 5.71 Å². The van der Waals surface area contributed by atoms with Crippen molar-refractivity contribution in [3.63, 3.8) is 0 Å². The van der Waals surface area contributed by atoms with Gasteiger partial charge in [-0.15, -0.1) is 6.58 Å². The van der Waals surface area contributed by atoms with E-state index in [1.165, 1.54) is 89.2 Å². The minimum atomic E-state index is 0.667. The second-order valence-corrected chi connectivity index (χ2v) is 6.33. The largest absolute Gasteiger partial charge is 0.291 e. The molecule has 0 aliphatic carbocycles. The summed E-state index contributed by atoms with van der Waals surface area (Å²) < 4.78 is 0. The molecular weight excluding hydrogens is 242 g/mol. The average molecular weight is 277 g/mol. The Morgan fingerprint density at radius 2 is 1.80 bits per heavy atom. The van der Waals surface area contributed by atoms with Gasteiger partial charge in [-0.05, 0) is 44.9 Å². The molecule has 0 unspecified atom stereocenters. The fourth-order valence-corrected chi connectivity index (χ4v) is 3.07. The molecule has 20 heavy (non-hydrogen) atoms. The van der Waals surface area contributed by atoms with E-state index in [0.29, 0.717) is 6.04 Å². The molecule has 0 radical (unpaired) electrons. The number of aliphatic imine (C=N–C) groups is 1. The van der Waals surface area contributed by atoms with Gasteiger partial charge in [-0.25, -0.2) is 0 Å². The van der Waals surface area contributed by atoms with Crippen LogP contribution in [0.5, 0.6) is 0 Å². The first-order valence-electron chi connectivity index (χ1n) is 9.03. The molecule has 0 aromatic carbocycles. The van der Waals surface area contributed by atoms with Gasteiger partial charge in [0, 0.05) is 5.71 Å². The van der Waals surface area contributed by atoms with Gasteiger partial charge in [-0.1, -0.05) is 57.9 Å². The van der Waals surface area contributed by atoms with Gasteiger partial charge in [-0.2, -0.15) is 0 Å². The molecule has 1 rings (SSSR count). The second kappa shape index (κ2) is 12.2. The van der Waals surface area contributed by atoms with Gasteiger partial charge in [0.15, 0.2) is 0 Å². The second-order valence-electron chi connectivity index (χ2n) is 6.33. The molecule has 116 valence electrons. The predicted octanol–water partition coefficient (Wildman–Crippen LogP) is 6.48. The topological polar surface area (TPSA) is 12.4 Å². The summed E-state index contributed by atoms with van der Waals surface area (Å²) in [7, 11) is 0. The van der Waals surface area contributed by atoms with E-state index >= 15 is 0 Å². The third-order valence-corrected chi connectivity index (χ3v) is 4.40. The lowest BCUT2D eigenvalue weighted by molar-refractivity contribution is 0.530. The Morgan fingerprint density at radius 1 is 1.05 bits per heavy atom.